The van der Waals surface area contributed by atoms with Crippen LogP contribution < -0.4 is 5.73 Å². The standard InChI is InChI=1S/C22H26N8O2.C2H6/c1-13(2)18(14-5-6-17(24-7-14)15-8-25-21(23)26-9-15)19-28-20(32-29-19)16-10-27-30(11-16)12-22(3,4)31;1-2/h5-11,13,18,31H,12H2,1-4H3,(H2,23,25,26);1-2H3. The van der Waals surface area contributed by atoms with Gasteiger partial charge in [-0.05, 0) is 31.4 Å². The molecular formula is C24H32N8O2. The van der Waals surface area contributed by atoms with Crippen molar-refractivity contribution in [1.29, 1.82) is 0 Å². The molecule has 4 rings (SSSR count). The van der Waals surface area contributed by atoms with E-state index in [2.05, 4.69) is 44.0 Å². The van der Waals surface area contributed by atoms with Crippen LogP contribution >= 0.6 is 0 Å². The van der Waals surface area contributed by atoms with E-state index in [1.165, 1.54) is 0 Å². The molecule has 0 aliphatic heterocycles. The maximum atomic E-state index is 9.99. The average Bonchev–Trinajstić information content (AvgIpc) is 3.45. The van der Waals surface area contributed by atoms with Crippen LogP contribution in [0.15, 0.2) is 47.6 Å². The molecule has 4 aromatic rings. The molecule has 4 heterocycles. The Labute approximate surface area is 199 Å². The van der Waals surface area contributed by atoms with Gasteiger partial charge in [-0.15, -0.1) is 0 Å². The van der Waals surface area contributed by atoms with E-state index >= 15 is 0 Å². The topological polar surface area (TPSA) is 142 Å². The number of hydrogen-bond acceptors (Lipinski definition) is 9. The van der Waals surface area contributed by atoms with Gasteiger partial charge in [0.05, 0.1) is 35.5 Å². The zero-order chi connectivity index (χ0) is 24.9. The number of nitrogen functional groups attached to an aromatic ring is 1. The van der Waals surface area contributed by atoms with Crippen molar-refractivity contribution in [3.63, 3.8) is 0 Å². The van der Waals surface area contributed by atoms with E-state index in [0.29, 0.717) is 23.8 Å². The predicted octanol–water partition coefficient (Wildman–Crippen LogP) is 3.95. The molecule has 1 atom stereocenters. The summed E-state index contributed by atoms with van der Waals surface area (Å²) in [6.45, 7) is 12.0. The first-order valence-corrected chi connectivity index (χ1v) is 11.3. The quantitative estimate of drug-likeness (QED) is 0.415. The Balaban J connectivity index is 0.00000158. The molecule has 4 aromatic heterocycles. The molecule has 180 valence electrons. The third-order valence-electron chi connectivity index (χ3n) is 4.93. The van der Waals surface area contributed by atoms with Crippen LogP contribution in [0.1, 0.15) is 58.8 Å². The lowest BCUT2D eigenvalue weighted by atomic mass is 9.88. The fourth-order valence-electron chi connectivity index (χ4n) is 3.50. The molecule has 0 fully saturated rings. The molecule has 0 saturated carbocycles. The summed E-state index contributed by atoms with van der Waals surface area (Å²) < 4.78 is 7.18. The van der Waals surface area contributed by atoms with Crippen LogP contribution in [0.4, 0.5) is 5.95 Å². The first-order valence-electron chi connectivity index (χ1n) is 11.3. The highest BCUT2D eigenvalue weighted by molar-refractivity contribution is 5.57. The minimum absolute atomic E-state index is 0.0943. The van der Waals surface area contributed by atoms with E-state index in [1.54, 1.807) is 43.3 Å². The van der Waals surface area contributed by atoms with Crippen molar-refractivity contribution >= 4 is 5.95 Å². The number of nitrogens with two attached hydrogens (primary N) is 1. The normalized spacial score (nSPS) is 12.4. The second-order valence-corrected chi connectivity index (χ2v) is 8.73. The number of rotatable bonds is 7. The Morgan fingerprint density at radius 1 is 1.03 bits per heavy atom. The molecular weight excluding hydrogens is 432 g/mol. The molecule has 0 spiro atoms. The van der Waals surface area contributed by atoms with Crippen LogP contribution in [0.25, 0.3) is 22.7 Å². The van der Waals surface area contributed by atoms with Gasteiger partial charge in [-0.25, -0.2) is 9.97 Å². The third kappa shape index (κ3) is 6.02. The maximum Gasteiger partial charge on any atom is 0.261 e. The molecule has 0 aliphatic carbocycles. The second-order valence-electron chi connectivity index (χ2n) is 8.73. The summed E-state index contributed by atoms with van der Waals surface area (Å²) in [5.74, 6) is 1.31. The number of nitrogens with zero attached hydrogens (tertiary/aromatic N) is 7. The van der Waals surface area contributed by atoms with Crippen molar-refractivity contribution in [3.05, 3.63) is 54.5 Å². The minimum Gasteiger partial charge on any atom is -0.389 e. The molecule has 1 unspecified atom stereocenters. The molecule has 0 saturated heterocycles. The lowest BCUT2D eigenvalue weighted by Crippen LogP contribution is -2.26. The molecule has 0 radical (unpaired) electrons. The lowest BCUT2D eigenvalue weighted by molar-refractivity contribution is 0.0577. The monoisotopic (exact) mass is 464 g/mol. The summed E-state index contributed by atoms with van der Waals surface area (Å²) in [5.41, 5.74) is 7.91. The van der Waals surface area contributed by atoms with E-state index in [0.717, 1.165) is 16.8 Å². The Kier molecular flexibility index (Phi) is 7.72. The summed E-state index contributed by atoms with van der Waals surface area (Å²) in [6.07, 6.45) is 8.54. The van der Waals surface area contributed by atoms with Gasteiger partial charge in [-0.2, -0.15) is 10.1 Å². The van der Waals surface area contributed by atoms with Crippen molar-refractivity contribution in [1.82, 2.24) is 34.9 Å². The molecule has 10 heteroatoms. The summed E-state index contributed by atoms with van der Waals surface area (Å²) in [6, 6.07) is 3.92. The molecule has 0 bridgehead atoms. The summed E-state index contributed by atoms with van der Waals surface area (Å²) in [4.78, 5) is 17.2. The van der Waals surface area contributed by atoms with Crippen molar-refractivity contribution in [2.24, 2.45) is 5.92 Å². The van der Waals surface area contributed by atoms with E-state index in [1.807, 2.05) is 32.2 Å². The molecule has 0 amide bonds. The Morgan fingerprint density at radius 2 is 1.74 bits per heavy atom. The van der Waals surface area contributed by atoms with E-state index < -0.39 is 5.60 Å². The Bertz CT molecular complexity index is 1170. The van der Waals surface area contributed by atoms with Crippen molar-refractivity contribution in [2.75, 3.05) is 5.73 Å². The number of hydrogen-bond donors (Lipinski definition) is 2. The second kappa shape index (κ2) is 10.5. The van der Waals surface area contributed by atoms with Gasteiger partial charge in [0.1, 0.15) is 0 Å². The third-order valence-corrected chi connectivity index (χ3v) is 4.93. The molecule has 10 nitrogen and oxygen atoms in total. The van der Waals surface area contributed by atoms with Crippen LogP contribution in [0, 0.1) is 5.92 Å². The molecule has 34 heavy (non-hydrogen) atoms. The zero-order valence-electron chi connectivity index (χ0n) is 20.5. The molecule has 0 aliphatic rings. The van der Waals surface area contributed by atoms with Gasteiger partial charge in [-0.1, -0.05) is 38.9 Å². The number of aliphatic hydroxyl groups is 1. The molecule has 0 aromatic carbocycles. The van der Waals surface area contributed by atoms with Crippen LogP contribution in [0.2, 0.25) is 0 Å². The van der Waals surface area contributed by atoms with Gasteiger partial charge in [0.2, 0.25) is 5.95 Å². The maximum absolute atomic E-state index is 9.99. The van der Waals surface area contributed by atoms with Crippen LogP contribution in [-0.4, -0.2) is 45.6 Å². The minimum atomic E-state index is -0.871. The van der Waals surface area contributed by atoms with Crippen LogP contribution in [0.3, 0.4) is 0 Å². The number of anilines is 1. The number of aromatic nitrogens is 7. The lowest BCUT2D eigenvalue weighted by Gasteiger charge is -2.17. The van der Waals surface area contributed by atoms with E-state index in [-0.39, 0.29) is 17.8 Å². The Morgan fingerprint density at radius 3 is 2.32 bits per heavy atom. The highest BCUT2D eigenvalue weighted by atomic mass is 16.5. The van der Waals surface area contributed by atoms with Gasteiger partial charge >= 0.3 is 0 Å². The highest BCUT2D eigenvalue weighted by Gasteiger charge is 2.25. The summed E-state index contributed by atoms with van der Waals surface area (Å²) in [7, 11) is 0. The highest BCUT2D eigenvalue weighted by Crippen LogP contribution is 2.32. The fraction of sp³-hybridized carbons (Fsp3) is 0.417. The van der Waals surface area contributed by atoms with Crippen molar-refractivity contribution in [3.8, 4) is 22.7 Å². The van der Waals surface area contributed by atoms with Gasteiger partial charge in [0.15, 0.2) is 5.82 Å². The van der Waals surface area contributed by atoms with Gasteiger partial charge < -0.3 is 15.4 Å². The molecule has 3 N–H and O–H groups in total. The SMILES string of the molecule is CC.CC(C)C(c1ccc(-c2cnc(N)nc2)nc1)c1noc(-c2cnn(CC(C)(C)O)c2)n1. The van der Waals surface area contributed by atoms with Gasteiger partial charge in [-0.3, -0.25) is 9.67 Å². The first-order chi connectivity index (χ1) is 16.2. The summed E-state index contributed by atoms with van der Waals surface area (Å²) >= 11 is 0. The smallest absolute Gasteiger partial charge is 0.261 e. The summed E-state index contributed by atoms with van der Waals surface area (Å²) in [5, 5.41) is 18.5. The van der Waals surface area contributed by atoms with Crippen LogP contribution in [-0.2, 0) is 6.54 Å². The average molecular weight is 465 g/mol. The largest absolute Gasteiger partial charge is 0.389 e. The zero-order valence-corrected chi connectivity index (χ0v) is 20.5. The van der Waals surface area contributed by atoms with Crippen molar-refractivity contribution in [2.45, 2.75) is 59.6 Å². The van der Waals surface area contributed by atoms with Gasteiger partial charge in [0, 0.05) is 30.4 Å². The predicted molar refractivity (Wildman–Crippen MR) is 130 cm³/mol. The van der Waals surface area contributed by atoms with Crippen LogP contribution in [0.5, 0.6) is 0 Å². The van der Waals surface area contributed by atoms with E-state index in [4.69, 9.17) is 10.3 Å². The van der Waals surface area contributed by atoms with Crippen molar-refractivity contribution < 1.29 is 9.63 Å². The van der Waals surface area contributed by atoms with Gasteiger partial charge in [0.25, 0.3) is 5.89 Å². The fourth-order valence-corrected chi connectivity index (χ4v) is 3.50. The van der Waals surface area contributed by atoms with E-state index in [9.17, 15) is 5.11 Å². The first kappa shape index (κ1) is 25.0. The Hall–Kier alpha value is -3.66. The number of pyridine rings is 1.